The van der Waals surface area contributed by atoms with Gasteiger partial charge in [-0.05, 0) is 13.8 Å². The van der Waals surface area contributed by atoms with E-state index in [1.165, 1.54) is 10.8 Å². The maximum atomic E-state index is 11.8. The molecule has 1 aliphatic rings. The quantitative estimate of drug-likeness (QED) is 0.730. The molecule has 0 amide bonds. The number of H-pyrrole nitrogens is 1. The summed E-state index contributed by atoms with van der Waals surface area (Å²) in [6.07, 6.45) is -1.59. The van der Waals surface area contributed by atoms with E-state index in [9.17, 15) is 19.5 Å². The average Bonchev–Trinajstić information content (AvgIpc) is 2.85. The van der Waals surface area contributed by atoms with Crippen LogP contribution < -0.4 is 11.2 Å². The number of carbonyl (C=O) groups is 1. The molecular formula is C13H18N2O7. The molecule has 1 fully saturated rings. The lowest BCUT2D eigenvalue weighted by atomic mass is 10.2. The molecule has 122 valence electrons. The lowest BCUT2D eigenvalue weighted by molar-refractivity contribution is -0.0570. The molecule has 1 aliphatic heterocycles. The van der Waals surface area contributed by atoms with Crippen LogP contribution in [0.3, 0.4) is 0 Å². The first kappa shape index (κ1) is 16.2. The SMILES string of the molecule is CCOC(=O)OC1CC(n2cc(C)c(=O)[nH]c2=O)OC1CO. The van der Waals surface area contributed by atoms with Gasteiger partial charge in [-0.15, -0.1) is 0 Å². The van der Waals surface area contributed by atoms with E-state index in [-0.39, 0.29) is 19.6 Å². The Morgan fingerprint density at radius 3 is 2.91 bits per heavy atom. The topological polar surface area (TPSA) is 120 Å². The molecule has 1 saturated heterocycles. The number of nitrogens with one attached hydrogen (secondary N) is 1. The summed E-state index contributed by atoms with van der Waals surface area (Å²) in [6.45, 7) is 2.98. The highest BCUT2D eigenvalue weighted by atomic mass is 16.7. The molecule has 2 N–H and O–H groups in total. The van der Waals surface area contributed by atoms with E-state index in [1.807, 2.05) is 0 Å². The van der Waals surface area contributed by atoms with Crippen molar-refractivity contribution < 1.29 is 24.1 Å². The average molecular weight is 314 g/mol. The second kappa shape index (κ2) is 6.75. The van der Waals surface area contributed by atoms with Crippen molar-refractivity contribution in [3.05, 3.63) is 32.6 Å². The van der Waals surface area contributed by atoms with Gasteiger partial charge < -0.3 is 19.3 Å². The zero-order valence-electron chi connectivity index (χ0n) is 12.3. The third-order valence-electron chi connectivity index (χ3n) is 3.33. The highest BCUT2D eigenvalue weighted by Gasteiger charge is 2.39. The first-order valence-electron chi connectivity index (χ1n) is 6.88. The van der Waals surface area contributed by atoms with Crippen LogP contribution >= 0.6 is 0 Å². The van der Waals surface area contributed by atoms with Gasteiger partial charge in [0.05, 0.1) is 13.2 Å². The van der Waals surface area contributed by atoms with Crippen LogP contribution in [-0.4, -0.2) is 46.2 Å². The Morgan fingerprint density at radius 2 is 2.27 bits per heavy atom. The first-order valence-corrected chi connectivity index (χ1v) is 6.88. The Bertz CT molecular complexity index is 651. The minimum absolute atomic E-state index is 0.162. The molecule has 0 saturated carbocycles. The Labute approximate surface area is 125 Å². The van der Waals surface area contributed by atoms with Gasteiger partial charge in [-0.25, -0.2) is 9.59 Å². The molecule has 9 heteroatoms. The predicted octanol–water partition coefficient (Wildman–Crippen LogP) is -0.333. The molecule has 1 aromatic heterocycles. The third kappa shape index (κ3) is 3.37. The number of aryl methyl sites for hydroxylation is 1. The minimum atomic E-state index is -0.861. The number of nitrogens with zero attached hydrogens (tertiary/aromatic N) is 1. The lowest BCUT2D eigenvalue weighted by Gasteiger charge is -2.15. The minimum Gasteiger partial charge on any atom is -0.435 e. The fourth-order valence-electron chi connectivity index (χ4n) is 2.23. The van der Waals surface area contributed by atoms with Crippen molar-refractivity contribution in [2.75, 3.05) is 13.2 Å². The maximum absolute atomic E-state index is 11.8. The van der Waals surface area contributed by atoms with Gasteiger partial charge in [-0.3, -0.25) is 14.3 Å². The van der Waals surface area contributed by atoms with E-state index in [1.54, 1.807) is 13.8 Å². The van der Waals surface area contributed by atoms with Crippen molar-refractivity contribution in [2.24, 2.45) is 0 Å². The van der Waals surface area contributed by atoms with Gasteiger partial charge in [-0.2, -0.15) is 0 Å². The zero-order valence-corrected chi connectivity index (χ0v) is 12.3. The Morgan fingerprint density at radius 1 is 1.55 bits per heavy atom. The van der Waals surface area contributed by atoms with E-state index in [4.69, 9.17) is 9.47 Å². The molecule has 22 heavy (non-hydrogen) atoms. The summed E-state index contributed by atoms with van der Waals surface area (Å²) in [7, 11) is 0. The molecule has 2 rings (SSSR count). The van der Waals surface area contributed by atoms with Crippen LogP contribution in [0.1, 0.15) is 25.1 Å². The van der Waals surface area contributed by atoms with Gasteiger partial charge in [0, 0.05) is 18.2 Å². The molecule has 0 aliphatic carbocycles. The molecular weight excluding hydrogens is 296 g/mol. The van der Waals surface area contributed by atoms with Crippen molar-refractivity contribution in [1.29, 1.82) is 0 Å². The van der Waals surface area contributed by atoms with Crippen LogP contribution in [0.4, 0.5) is 4.79 Å². The molecule has 0 aromatic carbocycles. The zero-order chi connectivity index (χ0) is 16.3. The molecule has 3 atom stereocenters. The standard InChI is InChI=1S/C13H18N2O7/c1-3-20-13(19)22-8-4-10(21-9(8)6-16)15-5-7(2)11(17)14-12(15)18/h5,8-10,16H,3-4,6H2,1-2H3,(H,14,17,18). The van der Waals surface area contributed by atoms with Crippen LogP contribution in [0.15, 0.2) is 15.8 Å². The van der Waals surface area contributed by atoms with Gasteiger partial charge in [0.25, 0.3) is 5.56 Å². The Balaban J connectivity index is 2.18. The second-order valence-electron chi connectivity index (χ2n) is 4.87. The van der Waals surface area contributed by atoms with Crippen molar-refractivity contribution >= 4 is 6.16 Å². The van der Waals surface area contributed by atoms with Crippen molar-refractivity contribution in [3.63, 3.8) is 0 Å². The predicted molar refractivity (Wildman–Crippen MR) is 73.6 cm³/mol. The summed E-state index contributed by atoms with van der Waals surface area (Å²) < 4.78 is 16.5. The monoisotopic (exact) mass is 314 g/mol. The largest absolute Gasteiger partial charge is 0.508 e. The fraction of sp³-hybridized carbons (Fsp3) is 0.615. The number of hydrogen-bond acceptors (Lipinski definition) is 7. The van der Waals surface area contributed by atoms with Gasteiger partial charge in [0.15, 0.2) is 0 Å². The van der Waals surface area contributed by atoms with Gasteiger partial charge >= 0.3 is 11.8 Å². The van der Waals surface area contributed by atoms with E-state index in [0.29, 0.717) is 5.56 Å². The molecule has 2 heterocycles. The summed E-state index contributed by atoms with van der Waals surface area (Å²) in [5.41, 5.74) is -0.759. The number of rotatable bonds is 4. The van der Waals surface area contributed by atoms with Crippen molar-refractivity contribution in [2.45, 2.75) is 38.7 Å². The second-order valence-corrected chi connectivity index (χ2v) is 4.87. The van der Waals surface area contributed by atoms with Crippen LogP contribution in [0.25, 0.3) is 0 Å². The van der Waals surface area contributed by atoms with E-state index < -0.39 is 35.8 Å². The van der Waals surface area contributed by atoms with Crippen molar-refractivity contribution in [3.8, 4) is 0 Å². The van der Waals surface area contributed by atoms with E-state index >= 15 is 0 Å². The lowest BCUT2D eigenvalue weighted by Crippen LogP contribution is -2.33. The normalized spacial score (nSPS) is 24.2. The van der Waals surface area contributed by atoms with Crippen LogP contribution in [0.5, 0.6) is 0 Å². The number of aromatic amines is 1. The molecule has 0 spiro atoms. The van der Waals surface area contributed by atoms with Gasteiger partial charge in [-0.1, -0.05) is 0 Å². The summed E-state index contributed by atoms with van der Waals surface area (Å²) >= 11 is 0. The number of aliphatic hydroxyl groups is 1. The smallest absolute Gasteiger partial charge is 0.435 e. The summed E-state index contributed by atoms with van der Waals surface area (Å²) in [4.78, 5) is 36.8. The molecule has 1 aromatic rings. The van der Waals surface area contributed by atoms with E-state index in [2.05, 4.69) is 9.72 Å². The highest BCUT2D eigenvalue weighted by Crippen LogP contribution is 2.29. The van der Waals surface area contributed by atoms with Crippen molar-refractivity contribution in [1.82, 2.24) is 9.55 Å². The van der Waals surface area contributed by atoms with Crippen LogP contribution in [0, 0.1) is 6.92 Å². The third-order valence-corrected chi connectivity index (χ3v) is 3.33. The number of aliphatic hydroxyl groups excluding tert-OH is 1. The number of ether oxygens (including phenoxy) is 3. The molecule has 0 radical (unpaired) electrons. The number of aromatic nitrogens is 2. The molecule has 9 nitrogen and oxygen atoms in total. The van der Waals surface area contributed by atoms with E-state index in [0.717, 1.165) is 0 Å². The van der Waals surface area contributed by atoms with Crippen LogP contribution in [-0.2, 0) is 14.2 Å². The summed E-state index contributed by atoms with van der Waals surface area (Å²) in [6, 6.07) is 0. The first-order chi connectivity index (χ1) is 10.5. The maximum Gasteiger partial charge on any atom is 0.508 e. The van der Waals surface area contributed by atoms with Gasteiger partial charge in [0.1, 0.15) is 18.4 Å². The van der Waals surface area contributed by atoms with Crippen LogP contribution in [0.2, 0.25) is 0 Å². The summed E-state index contributed by atoms with van der Waals surface area (Å²) in [5.74, 6) is 0. The highest BCUT2D eigenvalue weighted by molar-refractivity contribution is 5.60. The molecule has 3 unspecified atom stereocenters. The Kier molecular flexibility index (Phi) is 4.99. The Hall–Kier alpha value is -2.13. The van der Waals surface area contributed by atoms with Gasteiger partial charge in [0.2, 0.25) is 0 Å². The number of hydrogen-bond donors (Lipinski definition) is 2. The fourth-order valence-corrected chi connectivity index (χ4v) is 2.23. The summed E-state index contributed by atoms with van der Waals surface area (Å²) in [5, 5.41) is 9.31. The number of carbonyl (C=O) groups excluding carboxylic acids is 1. The molecule has 0 bridgehead atoms.